The Hall–Kier alpha value is -1.58. The predicted molar refractivity (Wildman–Crippen MR) is 81.8 cm³/mol. The minimum atomic E-state index is -0.498. The van der Waals surface area contributed by atoms with Gasteiger partial charge in [0.25, 0.3) is 0 Å². The van der Waals surface area contributed by atoms with Crippen LogP contribution in [0, 0.1) is 5.82 Å². The fourth-order valence-electron chi connectivity index (χ4n) is 2.00. The van der Waals surface area contributed by atoms with Crippen LogP contribution >= 0.6 is 23.2 Å². The predicted octanol–water partition coefficient (Wildman–Crippen LogP) is 4.50. The zero-order valence-corrected chi connectivity index (χ0v) is 12.8. The lowest BCUT2D eigenvalue weighted by atomic mass is 10.0. The molecule has 0 unspecified atom stereocenters. The van der Waals surface area contributed by atoms with Crippen molar-refractivity contribution >= 4 is 29.0 Å². The van der Waals surface area contributed by atoms with Gasteiger partial charge in [-0.2, -0.15) is 0 Å². The number of halogens is 3. The fourth-order valence-corrected chi connectivity index (χ4v) is 2.32. The van der Waals surface area contributed by atoms with Gasteiger partial charge in [-0.25, -0.2) is 4.39 Å². The molecule has 0 fully saturated rings. The molecule has 0 radical (unpaired) electrons. The van der Waals surface area contributed by atoms with Gasteiger partial charge in [0.05, 0.1) is 17.2 Å². The summed E-state index contributed by atoms with van der Waals surface area (Å²) >= 11 is 11.7. The molecular formula is C16H13Cl2FO2. The van der Waals surface area contributed by atoms with Crippen LogP contribution in [0.2, 0.25) is 10.0 Å². The molecule has 0 heterocycles. The van der Waals surface area contributed by atoms with Gasteiger partial charge in [-0.15, -0.1) is 0 Å². The monoisotopic (exact) mass is 326 g/mol. The summed E-state index contributed by atoms with van der Waals surface area (Å²) in [6.45, 7) is 0. The van der Waals surface area contributed by atoms with E-state index in [1.165, 1.54) is 13.2 Å². The fraction of sp³-hybridized carbons (Fsp3) is 0.188. The van der Waals surface area contributed by atoms with Crippen molar-refractivity contribution in [2.24, 2.45) is 0 Å². The summed E-state index contributed by atoms with van der Waals surface area (Å²) in [5, 5.41) is 0.834. The number of hydrogen-bond donors (Lipinski definition) is 0. The van der Waals surface area contributed by atoms with Gasteiger partial charge in [0.1, 0.15) is 5.78 Å². The van der Waals surface area contributed by atoms with Gasteiger partial charge in [-0.1, -0.05) is 41.4 Å². The molecule has 2 aromatic rings. The number of ketones is 1. The Morgan fingerprint density at radius 2 is 1.90 bits per heavy atom. The first-order chi connectivity index (χ1) is 10.0. The Balaban J connectivity index is 2.10. The Bertz CT molecular complexity index is 671. The molecule has 0 saturated heterocycles. The highest BCUT2D eigenvalue weighted by molar-refractivity contribution is 6.42. The van der Waals surface area contributed by atoms with E-state index in [1.807, 2.05) is 0 Å². The zero-order valence-electron chi connectivity index (χ0n) is 11.3. The maximum atomic E-state index is 14.0. The number of hydrogen-bond acceptors (Lipinski definition) is 2. The number of Topliss-reactive ketones (excluding diaryl/α,β-unsaturated/α-hetero) is 1. The maximum absolute atomic E-state index is 14.0. The molecule has 0 spiro atoms. The summed E-state index contributed by atoms with van der Waals surface area (Å²) in [6.07, 6.45) is 0.177. The van der Waals surface area contributed by atoms with Gasteiger partial charge < -0.3 is 4.74 Å². The van der Waals surface area contributed by atoms with E-state index in [2.05, 4.69) is 0 Å². The van der Waals surface area contributed by atoms with Crippen LogP contribution in [-0.2, 0) is 17.6 Å². The second-order valence-corrected chi connectivity index (χ2v) is 5.39. The minimum absolute atomic E-state index is 0.00325. The summed E-state index contributed by atoms with van der Waals surface area (Å²) in [6, 6.07) is 9.76. The molecule has 0 bridgehead atoms. The molecule has 21 heavy (non-hydrogen) atoms. The molecular weight excluding hydrogens is 314 g/mol. The Labute approximate surface area is 132 Å². The van der Waals surface area contributed by atoms with Gasteiger partial charge in [-0.05, 0) is 29.3 Å². The molecule has 0 aliphatic carbocycles. The van der Waals surface area contributed by atoms with Crippen molar-refractivity contribution in [2.45, 2.75) is 12.8 Å². The number of rotatable bonds is 5. The minimum Gasteiger partial charge on any atom is -0.494 e. The first-order valence-electron chi connectivity index (χ1n) is 6.28. The van der Waals surface area contributed by atoms with Crippen molar-refractivity contribution in [3.05, 3.63) is 63.4 Å². The maximum Gasteiger partial charge on any atom is 0.168 e. The number of ether oxygens (including phenoxy) is 1. The van der Waals surface area contributed by atoms with Crippen molar-refractivity contribution < 1.29 is 13.9 Å². The zero-order chi connectivity index (χ0) is 15.4. The van der Waals surface area contributed by atoms with Gasteiger partial charge in [0.2, 0.25) is 0 Å². The van der Waals surface area contributed by atoms with E-state index in [9.17, 15) is 9.18 Å². The van der Waals surface area contributed by atoms with E-state index >= 15 is 0 Å². The van der Waals surface area contributed by atoms with E-state index < -0.39 is 5.82 Å². The first-order valence-corrected chi connectivity index (χ1v) is 7.04. The third kappa shape index (κ3) is 3.96. The Morgan fingerprint density at radius 1 is 1.14 bits per heavy atom. The molecule has 0 aliphatic heterocycles. The Morgan fingerprint density at radius 3 is 2.57 bits per heavy atom. The first kappa shape index (κ1) is 15.8. The molecule has 2 aromatic carbocycles. The standard InChI is InChI=1S/C16H13Cl2FO2/c1-21-15-4-2-3-11(16(15)19)9-12(20)7-10-5-6-13(17)14(18)8-10/h2-6,8H,7,9H2,1H3. The summed E-state index contributed by atoms with van der Waals surface area (Å²) in [5.41, 5.74) is 1.07. The molecule has 110 valence electrons. The number of carbonyl (C=O) groups is 1. The highest BCUT2D eigenvalue weighted by atomic mass is 35.5. The molecule has 0 amide bonds. The SMILES string of the molecule is COc1cccc(CC(=O)Cc2ccc(Cl)c(Cl)c2)c1F. The van der Waals surface area contributed by atoms with Crippen LogP contribution in [0.15, 0.2) is 36.4 Å². The van der Waals surface area contributed by atoms with Crippen LogP contribution in [0.4, 0.5) is 4.39 Å². The van der Waals surface area contributed by atoms with Crippen molar-refractivity contribution in [3.63, 3.8) is 0 Å². The van der Waals surface area contributed by atoms with E-state index in [0.29, 0.717) is 15.6 Å². The molecule has 0 aromatic heterocycles. The second-order valence-electron chi connectivity index (χ2n) is 4.57. The number of benzene rings is 2. The molecule has 0 aliphatic rings. The Kier molecular flexibility index (Phi) is 5.21. The summed E-state index contributed by atoms with van der Waals surface area (Å²) in [5.74, 6) is -0.474. The topological polar surface area (TPSA) is 26.3 Å². The summed E-state index contributed by atoms with van der Waals surface area (Å²) < 4.78 is 18.9. The van der Waals surface area contributed by atoms with Crippen LogP contribution in [0.1, 0.15) is 11.1 Å². The molecule has 0 saturated carbocycles. The van der Waals surface area contributed by atoms with Crippen LogP contribution in [-0.4, -0.2) is 12.9 Å². The molecule has 0 N–H and O–H groups in total. The van der Waals surface area contributed by atoms with E-state index in [-0.39, 0.29) is 24.4 Å². The highest BCUT2D eigenvalue weighted by Crippen LogP contribution is 2.24. The summed E-state index contributed by atoms with van der Waals surface area (Å²) in [4.78, 5) is 12.0. The lowest BCUT2D eigenvalue weighted by molar-refractivity contribution is -0.117. The lowest BCUT2D eigenvalue weighted by Crippen LogP contribution is -2.08. The third-order valence-electron chi connectivity index (χ3n) is 3.04. The summed E-state index contributed by atoms with van der Waals surface area (Å²) in [7, 11) is 1.39. The van der Waals surface area contributed by atoms with Crippen molar-refractivity contribution in [1.29, 1.82) is 0 Å². The van der Waals surface area contributed by atoms with Gasteiger partial charge in [-0.3, -0.25) is 4.79 Å². The van der Waals surface area contributed by atoms with Crippen LogP contribution in [0.25, 0.3) is 0 Å². The van der Waals surface area contributed by atoms with Crippen molar-refractivity contribution in [3.8, 4) is 5.75 Å². The average Bonchev–Trinajstić information content (AvgIpc) is 2.45. The van der Waals surface area contributed by atoms with Crippen LogP contribution < -0.4 is 4.74 Å². The van der Waals surface area contributed by atoms with Crippen LogP contribution in [0.5, 0.6) is 5.75 Å². The average molecular weight is 327 g/mol. The normalized spacial score (nSPS) is 10.5. The van der Waals surface area contributed by atoms with E-state index in [0.717, 1.165) is 5.56 Å². The lowest BCUT2D eigenvalue weighted by Gasteiger charge is -2.07. The van der Waals surface area contributed by atoms with Crippen molar-refractivity contribution in [2.75, 3.05) is 7.11 Å². The van der Waals surface area contributed by atoms with Crippen molar-refractivity contribution in [1.82, 2.24) is 0 Å². The van der Waals surface area contributed by atoms with Gasteiger partial charge in [0.15, 0.2) is 11.6 Å². The third-order valence-corrected chi connectivity index (χ3v) is 3.78. The van der Waals surface area contributed by atoms with E-state index in [1.54, 1.807) is 30.3 Å². The smallest absolute Gasteiger partial charge is 0.168 e. The van der Waals surface area contributed by atoms with E-state index in [4.69, 9.17) is 27.9 Å². The number of methoxy groups -OCH3 is 1. The quantitative estimate of drug-likeness (QED) is 0.808. The van der Waals surface area contributed by atoms with Gasteiger partial charge in [0, 0.05) is 12.8 Å². The molecule has 0 atom stereocenters. The molecule has 2 rings (SSSR count). The molecule has 5 heteroatoms. The highest BCUT2D eigenvalue weighted by Gasteiger charge is 2.13. The molecule has 2 nitrogen and oxygen atoms in total. The number of carbonyl (C=O) groups excluding carboxylic acids is 1. The van der Waals surface area contributed by atoms with Crippen LogP contribution in [0.3, 0.4) is 0 Å². The second kappa shape index (κ2) is 6.92. The largest absolute Gasteiger partial charge is 0.494 e. The van der Waals surface area contributed by atoms with Gasteiger partial charge >= 0.3 is 0 Å².